The van der Waals surface area contributed by atoms with Crippen LogP contribution < -0.4 is 5.32 Å². The summed E-state index contributed by atoms with van der Waals surface area (Å²) in [6.07, 6.45) is 2.88. The molecule has 0 aliphatic heterocycles. The molecule has 0 atom stereocenters. The van der Waals surface area contributed by atoms with Gasteiger partial charge < -0.3 is 5.32 Å². The van der Waals surface area contributed by atoms with E-state index in [-0.39, 0.29) is 5.91 Å². The van der Waals surface area contributed by atoms with E-state index in [1.165, 1.54) is 24.2 Å². The van der Waals surface area contributed by atoms with E-state index in [2.05, 4.69) is 15.7 Å². The van der Waals surface area contributed by atoms with Gasteiger partial charge in [0.2, 0.25) is 5.91 Å². The van der Waals surface area contributed by atoms with Crippen molar-refractivity contribution in [2.24, 2.45) is 0 Å². The highest BCUT2D eigenvalue weighted by molar-refractivity contribution is 7.13. The van der Waals surface area contributed by atoms with E-state index < -0.39 is 0 Å². The lowest BCUT2D eigenvalue weighted by Gasteiger charge is -2.05. The van der Waals surface area contributed by atoms with Crippen molar-refractivity contribution in [3.63, 3.8) is 0 Å². The maximum atomic E-state index is 12.0. The molecule has 3 rings (SSSR count). The number of carbonyl (C=O) groups is 1. The Morgan fingerprint density at radius 1 is 1.42 bits per heavy atom. The van der Waals surface area contributed by atoms with E-state index in [0.29, 0.717) is 12.3 Å². The smallest absolute Gasteiger partial charge is 0.230 e. The number of amides is 1. The molecule has 1 aromatic carbocycles. The summed E-state index contributed by atoms with van der Waals surface area (Å²) in [6, 6.07) is 7.97. The molecule has 1 aliphatic rings. The SMILES string of the molecule is Cc1ccccc1CC(=O)Nc1nc(C2CC2)cs1. The van der Waals surface area contributed by atoms with E-state index in [9.17, 15) is 4.79 Å². The summed E-state index contributed by atoms with van der Waals surface area (Å²) in [4.78, 5) is 16.4. The first-order chi connectivity index (χ1) is 9.22. The van der Waals surface area contributed by atoms with E-state index >= 15 is 0 Å². The van der Waals surface area contributed by atoms with Crippen LogP contribution in [-0.2, 0) is 11.2 Å². The molecule has 1 amide bonds. The van der Waals surface area contributed by atoms with Gasteiger partial charge in [0.1, 0.15) is 0 Å². The van der Waals surface area contributed by atoms with Gasteiger partial charge in [-0.15, -0.1) is 11.3 Å². The molecule has 1 N–H and O–H groups in total. The quantitative estimate of drug-likeness (QED) is 0.925. The number of rotatable bonds is 4. The van der Waals surface area contributed by atoms with Gasteiger partial charge in [0.15, 0.2) is 5.13 Å². The van der Waals surface area contributed by atoms with Crippen molar-refractivity contribution in [2.45, 2.75) is 32.1 Å². The molecule has 0 unspecified atom stereocenters. The van der Waals surface area contributed by atoms with Gasteiger partial charge >= 0.3 is 0 Å². The van der Waals surface area contributed by atoms with Crippen LogP contribution in [0.4, 0.5) is 5.13 Å². The van der Waals surface area contributed by atoms with Crippen molar-refractivity contribution >= 4 is 22.4 Å². The highest BCUT2D eigenvalue weighted by Crippen LogP contribution is 2.40. The van der Waals surface area contributed by atoms with E-state index in [1.54, 1.807) is 0 Å². The number of nitrogens with zero attached hydrogens (tertiary/aromatic N) is 1. The Morgan fingerprint density at radius 2 is 2.21 bits per heavy atom. The van der Waals surface area contributed by atoms with E-state index in [0.717, 1.165) is 22.0 Å². The number of aromatic nitrogens is 1. The van der Waals surface area contributed by atoms with Crippen LogP contribution in [0.5, 0.6) is 0 Å². The second-order valence-electron chi connectivity index (χ2n) is 5.00. The van der Waals surface area contributed by atoms with Gasteiger partial charge in [0.05, 0.1) is 12.1 Å². The number of nitrogens with one attached hydrogen (secondary N) is 1. The van der Waals surface area contributed by atoms with E-state index in [1.807, 2.05) is 31.2 Å². The molecule has 0 radical (unpaired) electrons. The van der Waals surface area contributed by atoms with Gasteiger partial charge in [-0.25, -0.2) is 4.98 Å². The molecular weight excluding hydrogens is 256 g/mol. The van der Waals surface area contributed by atoms with Crippen molar-refractivity contribution in [3.05, 3.63) is 46.5 Å². The number of hydrogen-bond donors (Lipinski definition) is 1. The summed E-state index contributed by atoms with van der Waals surface area (Å²) in [5, 5.41) is 5.67. The predicted molar refractivity (Wildman–Crippen MR) is 77.6 cm³/mol. The maximum Gasteiger partial charge on any atom is 0.230 e. The molecule has 1 heterocycles. The summed E-state index contributed by atoms with van der Waals surface area (Å²) in [6.45, 7) is 2.03. The Morgan fingerprint density at radius 3 is 2.95 bits per heavy atom. The lowest BCUT2D eigenvalue weighted by atomic mass is 10.1. The fourth-order valence-electron chi connectivity index (χ4n) is 2.06. The largest absolute Gasteiger partial charge is 0.302 e. The van der Waals surface area contributed by atoms with Crippen molar-refractivity contribution in [3.8, 4) is 0 Å². The molecule has 19 heavy (non-hydrogen) atoms. The highest BCUT2D eigenvalue weighted by Gasteiger charge is 2.26. The van der Waals surface area contributed by atoms with Crippen LogP contribution in [0.3, 0.4) is 0 Å². The van der Waals surface area contributed by atoms with Gasteiger partial charge in [0.25, 0.3) is 0 Å². The predicted octanol–water partition coefficient (Wildman–Crippen LogP) is 3.51. The fourth-order valence-corrected chi connectivity index (χ4v) is 2.86. The first kappa shape index (κ1) is 12.4. The van der Waals surface area contributed by atoms with Crippen molar-refractivity contribution < 1.29 is 4.79 Å². The minimum absolute atomic E-state index is 0.00555. The molecule has 3 nitrogen and oxygen atoms in total. The minimum atomic E-state index is 0.00555. The lowest BCUT2D eigenvalue weighted by molar-refractivity contribution is -0.115. The second kappa shape index (κ2) is 5.13. The number of aryl methyl sites for hydroxylation is 1. The average molecular weight is 272 g/mol. The standard InChI is InChI=1S/C15H16N2OS/c1-10-4-2-3-5-12(10)8-14(18)17-15-16-13(9-19-15)11-6-7-11/h2-5,9,11H,6-8H2,1H3,(H,16,17,18). The Labute approximate surface area is 116 Å². The Hall–Kier alpha value is -1.68. The lowest BCUT2D eigenvalue weighted by Crippen LogP contribution is -2.14. The van der Waals surface area contributed by atoms with Crippen LogP contribution in [0.25, 0.3) is 0 Å². The monoisotopic (exact) mass is 272 g/mol. The molecule has 1 fully saturated rings. The van der Waals surface area contributed by atoms with Gasteiger partial charge in [0, 0.05) is 11.3 Å². The molecule has 1 aromatic heterocycles. The van der Waals surface area contributed by atoms with Gasteiger partial charge in [-0.2, -0.15) is 0 Å². The third-order valence-corrected chi connectivity index (χ3v) is 4.15. The van der Waals surface area contributed by atoms with Crippen LogP contribution in [0.15, 0.2) is 29.6 Å². The molecule has 1 saturated carbocycles. The molecule has 0 spiro atoms. The van der Waals surface area contributed by atoms with Crippen molar-refractivity contribution in [2.75, 3.05) is 5.32 Å². The zero-order valence-electron chi connectivity index (χ0n) is 10.8. The molecule has 0 bridgehead atoms. The first-order valence-corrected chi connectivity index (χ1v) is 7.40. The summed E-state index contributed by atoms with van der Waals surface area (Å²) in [5.74, 6) is 0.643. The number of benzene rings is 1. The number of anilines is 1. The topological polar surface area (TPSA) is 42.0 Å². The molecule has 2 aromatic rings. The normalized spacial score (nSPS) is 14.4. The minimum Gasteiger partial charge on any atom is -0.302 e. The summed E-state index contributed by atoms with van der Waals surface area (Å²) in [7, 11) is 0. The molecular formula is C15H16N2OS. The summed E-state index contributed by atoms with van der Waals surface area (Å²) in [5.41, 5.74) is 3.35. The third-order valence-electron chi connectivity index (χ3n) is 3.38. The number of thiazole rings is 1. The fraction of sp³-hybridized carbons (Fsp3) is 0.333. The van der Waals surface area contributed by atoms with Crippen LogP contribution in [0.1, 0.15) is 35.6 Å². The second-order valence-corrected chi connectivity index (χ2v) is 5.86. The molecule has 4 heteroatoms. The Balaban J connectivity index is 1.62. The Kier molecular flexibility index (Phi) is 3.34. The van der Waals surface area contributed by atoms with Crippen LogP contribution in [-0.4, -0.2) is 10.9 Å². The average Bonchev–Trinajstić information content (AvgIpc) is 3.14. The third kappa shape index (κ3) is 3.01. The molecule has 1 aliphatic carbocycles. The van der Waals surface area contributed by atoms with Gasteiger partial charge in [-0.1, -0.05) is 24.3 Å². The zero-order valence-corrected chi connectivity index (χ0v) is 11.7. The first-order valence-electron chi connectivity index (χ1n) is 6.52. The molecule has 0 saturated heterocycles. The maximum absolute atomic E-state index is 12.0. The highest BCUT2D eigenvalue weighted by atomic mass is 32.1. The zero-order chi connectivity index (χ0) is 13.2. The van der Waals surface area contributed by atoms with Gasteiger partial charge in [-0.05, 0) is 30.9 Å². The Bertz CT molecular complexity index is 602. The van der Waals surface area contributed by atoms with Gasteiger partial charge in [-0.3, -0.25) is 4.79 Å². The van der Waals surface area contributed by atoms with Crippen molar-refractivity contribution in [1.82, 2.24) is 4.98 Å². The van der Waals surface area contributed by atoms with Crippen molar-refractivity contribution in [1.29, 1.82) is 0 Å². The number of hydrogen-bond acceptors (Lipinski definition) is 3. The van der Waals surface area contributed by atoms with E-state index in [4.69, 9.17) is 0 Å². The summed E-state index contributed by atoms with van der Waals surface area (Å²) >= 11 is 1.52. The van der Waals surface area contributed by atoms with Crippen LogP contribution >= 0.6 is 11.3 Å². The van der Waals surface area contributed by atoms with Crippen LogP contribution in [0, 0.1) is 6.92 Å². The summed E-state index contributed by atoms with van der Waals surface area (Å²) < 4.78 is 0. The van der Waals surface area contributed by atoms with Crippen LogP contribution in [0.2, 0.25) is 0 Å². The molecule has 98 valence electrons. The number of carbonyl (C=O) groups excluding carboxylic acids is 1.